The number of hydrogen-bond acceptors (Lipinski definition) is 2. The maximum atomic E-state index is 3.48. The summed E-state index contributed by atoms with van der Waals surface area (Å²) >= 11 is 0. The molecule has 2 nitrogen and oxygen atoms in total. The van der Waals surface area contributed by atoms with Crippen molar-refractivity contribution < 1.29 is 0 Å². The highest BCUT2D eigenvalue weighted by molar-refractivity contribution is 4.79. The van der Waals surface area contributed by atoms with Crippen LogP contribution in [-0.2, 0) is 0 Å². The molecule has 1 rings (SSSR count). The first-order valence-corrected chi connectivity index (χ1v) is 6.95. The van der Waals surface area contributed by atoms with Gasteiger partial charge in [0.1, 0.15) is 0 Å². The fourth-order valence-corrected chi connectivity index (χ4v) is 2.59. The standard InChI is InChI=1S/C14H30N2/c1-13(2)15-9-5-6-10-16-11-7-8-14(3,4)12-16/h13,15H,5-12H2,1-4H3. The lowest BCUT2D eigenvalue weighted by Gasteiger charge is -2.38. The van der Waals surface area contributed by atoms with E-state index in [1.165, 1.54) is 51.9 Å². The molecule has 1 fully saturated rings. The molecular weight excluding hydrogens is 196 g/mol. The lowest BCUT2D eigenvalue weighted by Crippen LogP contribution is -2.40. The number of nitrogens with one attached hydrogen (secondary N) is 1. The van der Waals surface area contributed by atoms with Crippen LogP contribution in [0.3, 0.4) is 0 Å². The lowest BCUT2D eigenvalue weighted by atomic mass is 9.84. The van der Waals surface area contributed by atoms with Crippen molar-refractivity contribution in [3.8, 4) is 0 Å². The fraction of sp³-hybridized carbons (Fsp3) is 1.00. The van der Waals surface area contributed by atoms with Crippen molar-refractivity contribution in [3.63, 3.8) is 0 Å². The summed E-state index contributed by atoms with van der Waals surface area (Å²) in [6.07, 6.45) is 5.44. The molecule has 0 amide bonds. The van der Waals surface area contributed by atoms with Crippen molar-refractivity contribution in [2.75, 3.05) is 26.2 Å². The second kappa shape index (κ2) is 6.61. The summed E-state index contributed by atoms with van der Waals surface area (Å²) in [6, 6.07) is 0.633. The zero-order chi connectivity index (χ0) is 12.0. The lowest BCUT2D eigenvalue weighted by molar-refractivity contribution is 0.116. The maximum Gasteiger partial charge on any atom is 0.00327 e. The van der Waals surface area contributed by atoms with Gasteiger partial charge in [0, 0.05) is 12.6 Å². The Labute approximate surface area is 102 Å². The summed E-state index contributed by atoms with van der Waals surface area (Å²) in [7, 11) is 0. The van der Waals surface area contributed by atoms with Crippen molar-refractivity contribution in [3.05, 3.63) is 0 Å². The molecule has 0 saturated carbocycles. The van der Waals surface area contributed by atoms with Gasteiger partial charge in [-0.05, 0) is 50.7 Å². The smallest absolute Gasteiger partial charge is 0.00327 e. The second-order valence-corrected chi connectivity index (χ2v) is 6.36. The molecule has 1 saturated heterocycles. The van der Waals surface area contributed by atoms with Gasteiger partial charge < -0.3 is 10.2 Å². The van der Waals surface area contributed by atoms with Gasteiger partial charge in [0.2, 0.25) is 0 Å². The zero-order valence-electron chi connectivity index (χ0n) is 11.7. The van der Waals surface area contributed by atoms with Gasteiger partial charge in [-0.2, -0.15) is 0 Å². The summed E-state index contributed by atoms with van der Waals surface area (Å²) in [5.41, 5.74) is 0.550. The number of hydrogen-bond donors (Lipinski definition) is 1. The number of rotatable bonds is 6. The first kappa shape index (κ1) is 14.0. The predicted octanol–water partition coefficient (Wildman–Crippen LogP) is 2.89. The number of piperidine rings is 1. The van der Waals surface area contributed by atoms with Crippen LogP contribution >= 0.6 is 0 Å². The Morgan fingerprint density at radius 3 is 2.62 bits per heavy atom. The second-order valence-electron chi connectivity index (χ2n) is 6.36. The van der Waals surface area contributed by atoms with Crippen LogP contribution in [0, 0.1) is 5.41 Å². The molecule has 2 heteroatoms. The van der Waals surface area contributed by atoms with E-state index in [9.17, 15) is 0 Å². The van der Waals surface area contributed by atoms with Crippen LogP contribution in [-0.4, -0.2) is 37.1 Å². The minimum absolute atomic E-state index is 0.550. The van der Waals surface area contributed by atoms with Gasteiger partial charge in [0.15, 0.2) is 0 Å². The van der Waals surface area contributed by atoms with Crippen LogP contribution in [0.5, 0.6) is 0 Å². The van der Waals surface area contributed by atoms with Crippen LogP contribution in [0.15, 0.2) is 0 Å². The average Bonchev–Trinajstić information content (AvgIpc) is 2.15. The van der Waals surface area contributed by atoms with Gasteiger partial charge >= 0.3 is 0 Å². The van der Waals surface area contributed by atoms with Crippen molar-refractivity contribution >= 4 is 0 Å². The molecule has 0 radical (unpaired) electrons. The zero-order valence-corrected chi connectivity index (χ0v) is 11.7. The van der Waals surface area contributed by atoms with Crippen molar-refractivity contribution in [1.29, 1.82) is 0 Å². The molecular formula is C14H30N2. The van der Waals surface area contributed by atoms with Crippen LogP contribution in [0.4, 0.5) is 0 Å². The van der Waals surface area contributed by atoms with Gasteiger partial charge in [-0.1, -0.05) is 27.7 Å². The van der Waals surface area contributed by atoms with Crippen molar-refractivity contribution in [2.24, 2.45) is 5.41 Å². The topological polar surface area (TPSA) is 15.3 Å². The Balaban J connectivity index is 2.04. The monoisotopic (exact) mass is 226 g/mol. The third kappa shape index (κ3) is 5.86. The highest BCUT2D eigenvalue weighted by Crippen LogP contribution is 2.28. The maximum absolute atomic E-state index is 3.48. The number of unbranched alkanes of at least 4 members (excludes halogenated alkanes) is 1. The van der Waals surface area contributed by atoms with E-state index < -0.39 is 0 Å². The SMILES string of the molecule is CC(C)NCCCCN1CCCC(C)(C)C1. The van der Waals surface area contributed by atoms with Crippen molar-refractivity contribution in [2.45, 2.75) is 59.4 Å². The Hall–Kier alpha value is -0.0800. The summed E-state index contributed by atoms with van der Waals surface area (Å²) in [4.78, 5) is 2.65. The third-order valence-corrected chi connectivity index (χ3v) is 3.43. The molecule has 0 aromatic rings. The Morgan fingerprint density at radius 2 is 2.00 bits per heavy atom. The Morgan fingerprint density at radius 1 is 1.25 bits per heavy atom. The fourth-order valence-electron chi connectivity index (χ4n) is 2.59. The van der Waals surface area contributed by atoms with Gasteiger partial charge in [0.25, 0.3) is 0 Å². The molecule has 0 bridgehead atoms. The van der Waals surface area contributed by atoms with E-state index in [-0.39, 0.29) is 0 Å². The number of likely N-dealkylation sites (tertiary alicyclic amines) is 1. The van der Waals surface area contributed by atoms with Crippen LogP contribution in [0.25, 0.3) is 0 Å². The molecule has 96 valence electrons. The molecule has 0 spiro atoms. The normalized spacial score (nSPS) is 21.6. The molecule has 0 unspecified atom stereocenters. The summed E-state index contributed by atoms with van der Waals surface area (Å²) in [5.74, 6) is 0. The minimum atomic E-state index is 0.550. The summed E-state index contributed by atoms with van der Waals surface area (Å²) in [6.45, 7) is 14.3. The molecule has 0 aliphatic carbocycles. The molecule has 1 heterocycles. The van der Waals surface area contributed by atoms with E-state index in [4.69, 9.17) is 0 Å². The highest BCUT2D eigenvalue weighted by Gasteiger charge is 2.25. The van der Waals surface area contributed by atoms with E-state index in [2.05, 4.69) is 37.9 Å². The molecule has 0 aromatic heterocycles. The summed E-state index contributed by atoms with van der Waals surface area (Å²) in [5, 5.41) is 3.48. The quantitative estimate of drug-likeness (QED) is 0.701. The van der Waals surface area contributed by atoms with E-state index in [0.717, 1.165) is 0 Å². The first-order valence-electron chi connectivity index (χ1n) is 6.95. The van der Waals surface area contributed by atoms with E-state index in [1.54, 1.807) is 0 Å². The largest absolute Gasteiger partial charge is 0.315 e. The predicted molar refractivity (Wildman–Crippen MR) is 71.8 cm³/mol. The van der Waals surface area contributed by atoms with E-state index in [0.29, 0.717) is 11.5 Å². The molecule has 1 N–H and O–H groups in total. The molecule has 16 heavy (non-hydrogen) atoms. The van der Waals surface area contributed by atoms with Gasteiger partial charge in [0.05, 0.1) is 0 Å². The van der Waals surface area contributed by atoms with E-state index >= 15 is 0 Å². The average molecular weight is 226 g/mol. The van der Waals surface area contributed by atoms with Crippen LogP contribution in [0.1, 0.15) is 53.4 Å². The van der Waals surface area contributed by atoms with Crippen molar-refractivity contribution in [1.82, 2.24) is 10.2 Å². The van der Waals surface area contributed by atoms with Crippen LogP contribution < -0.4 is 5.32 Å². The van der Waals surface area contributed by atoms with Gasteiger partial charge in [-0.3, -0.25) is 0 Å². The molecule has 1 aliphatic rings. The minimum Gasteiger partial charge on any atom is -0.315 e. The molecule has 0 atom stereocenters. The van der Waals surface area contributed by atoms with Crippen LogP contribution in [0.2, 0.25) is 0 Å². The van der Waals surface area contributed by atoms with Gasteiger partial charge in [-0.15, -0.1) is 0 Å². The summed E-state index contributed by atoms with van der Waals surface area (Å²) < 4.78 is 0. The Kier molecular flexibility index (Phi) is 5.77. The molecule has 0 aromatic carbocycles. The Bertz CT molecular complexity index is 187. The molecule has 1 aliphatic heterocycles. The van der Waals surface area contributed by atoms with Gasteiger partial charge in [-0.25, -0.2) is 0 Å². The third-order valence-electron chi connectivity index (χ3n) is 3.43. The van der Waals surface area contributed by atoms with E-state index in [1.807, 2.05) is 0 Å². The first-order chi connectivity index (χ1) is 7.49. The number of nitrogens with zero attached hydrogens (tertiary/aromatic N) is 1. The highest BCUT2D eigenvalue weighted by atomic mass is 15.1.